The molecule has 2 aromatic carbocycles. The van der Waals surface area contributed by atoms with Crippen molar-refractivity contribution in [1.29, 1.82) is 0 Å². The zero-order valence-electron chi connectivity index (χ0n) is 10.5. The summed E-state index contributed by atoms with van der Waals surface area (Å²) in [5.74, 6) is -0.581. The Morgan fingerprint density at radius 3 is 2.38 bits per heavy atom. The number of rotatable bonds is 4. The van der Waals surface area contributed by atoms with E-state index in [4.69, 9.17) is 16.7 Å². The summed E-state index contributed by atoms with van der Waals surface area (Å²) >= 11 is 8.91. The summed E-state index contributed by atoms with van der Waals surface area (Å²) in [7, 11) is -3.86. The van der Waals surface area contributed by atoms with Gasteiger partial charge in [0.15, 0.2) is 0 Å². The van der Waals surface area contributed by atoms with Crippen molar-refractivity contribution in [3.8, 4) is 0 Å². The lowest BCUT2D eigenvalue weighted by atomic mass is 10.2. The summed E-state index contributed by atoms with van der Waals surface area (Å²) in [6.07, 6.45) is 0. The van der Waals surface area contributed by atoms with Gasteiger partial charge in [-0.2, -0.15) is 0 Å². The minimum absolute atomic E-state index is 0.00647. The predicted molar refractivity (Wildman–Crippen MR) is 82.3 cm³/mol. The van der Waals surface area contributed by atoms with Gasteiger partial charge in [0.2, 0.25) is 0 Å². The average Bonchev–Trinajstić information content (AvgIpc) is 2.43. The fourth-order valence-electron chi connectivity index (χ4n) is 1.61. The van der Waals surface area contributed by atoms with Gasteiger partial charge in [-0.05, 0) is 45.8 Å². The van der Waals surface area contributed by atoms with Crippen molar-refractivity contribution >= 4 is 43.2 Å². The molecule has 0 aliphatic heterocycles. The molecule has 0 unspecified atom stereocenters. The molecular weight excluding hydrogens is 385 g/mol. The highest BCUT2D eigenvalue weighted by Gasteiger charge is 2.18. The van der Waals surface area contributed by atoms with E-state index >= 15 is 0 Å². The van der Waals surface area contributed by atoms with Crippen molar-refractivity contribution in [3.05, 3.63) is 57.3 Å². The number of benzene rings is 2. The highest BCUT2D eigenvalue weighted by molar-refractivity contribution is 9.10. The second kappa shape index (κ2) is 6.31. The fourth-order valence-corrected chi connectivity index (χ4v) is 3.79. The molecule has 2 rings (SSSR count). The Balaban J connectivity index is 2.37. The zero-order valence-corrected chi connectivity index (χ0v) is 13.6. The molecule has 0 fully saturated rings. The first-order chi connectivity index (χ1) is 9.83. The van der Waals surface area contributed by atoms with Crippen molar-refractivity contribution in [2.75, 3.05) is 4.72 Å². The van der Waals surface area contributed by atoms with Crippen molar-refractivity contribution in [1.82, 2.24) is 0 Å². The molecule has 2 N–H and O–H groups in total. The molecule has 4 nitrogen and oxygen atoms in total. The standard InChI is InChI=1S/C13H10BrClFNO3S/c14-11-5-9(16)6-12(15)13(11)17-21(19,20)10-3-1-8(7-18)2-4-10/h1-6,17-18H,7H2. The number of nitrogens with one attached hydrogen (secondary N) is 1. The monoisotopic (exact) mass is 393 g/mol. The van der Waals surface area contributed by atoms with Gasteiger partial charge in [-0.25, -0.2) is 12.8 Å². The van der Waals surface area contributed by atoms with Crippen LogP contribution in [0.1, 0.15) is 5.56 Å². The van der Waals surface area contributed by atoms with Gasteiger partial charge in [0.05, 0.1) is 22.2 Å². The van der Waals surface area contributed by atoms with Crippen molar-refractivity contribution in [2.45, 2.75) is 11.5 Å². The summed E-state index contributed by atoms with van der Waals surface area (Å²) in [5.41, 5.74) is 0.652. The van der Waals surface area contributed by atoms with Gasteiger partial charge in [0.25, 0.3) is 10.0 Å². The van der Waals surface area contributed by atoms with E-state index in [2.05, 4.69) is 20.7 Å². The average molecular weight is 395 g/mol. The largest absolute Gasteiger partial charge is 0.392 e. The summed E-state index contributed by atoms with van der Waals surface area (Å²) in [5, 5.41) is 8.88. The first-order valence-corrected chi connectivity index (χ1v) is 8.36. The van der Waals surface area contributed by atoms with Gasteiger partial charge >= 0.3 is 0 Å². The molecule has 0 radical (unpaired) electrons. The second-order valence-electron chi connectivity index (χ2n) is 4.15. The van der Waals surface area contributed by atoms with E-state index in [9.17, 15) is 12.8 Å². The molecule has 0 atom stereocenters. The van der Waals surface area contributed by atoms with Crippen LogP contribution in [0.15, 0.2) is 45.8 Å². The van der Waals surface area contributed by atoms with E-state index in [1.54, 1.807) is 0 Å². The minimum Gasteiger partial charge on any atom is -0.392 e. The second-order valence-corrected chi connectivity index (χ2v) is 7.10. The van der Waals surface area contributed by atoms with E-state index in [0.29, 0.717) is 5.56 Å². The molecule has 2 aromatic rings. The highest BCUT2D eigenvalue weighted by atomic mass is 79.9. The van der Waals surface area contributed by atoms with Crippen LogP contribution in [0.25, 0.3) is 0 Å². The van der Waals surface area contributed by atoms with Gasteiger partial charge in [-0.1, -0.05) is 23.7 Å². The number of halogens is 3. The Morgan fingerprint density at radius 1 is 1.24 bits per heavy atom. The van der Waals surface area contributed by atoms with Gasteiger partial charge in [0.1, 0.15) is 5.82 Å². The maximum Gasteiger partial charge on any atom is 0.261 e. The van der Waals surface area contributed by atoms with Crippen molar-refractivity contribution in [3.63, 3.8) is 0 Å². The normalized spacial score (nSPS) is 11.4. The molecule has 8 heteroatoms. The van der Waals surface area contributed by atoms with Crippen LogP contribution < -0.4 is 4.72 Å². The van der Waals surface area contributed by atoms with E-state index in [0.717, 1.165) is 12.1 Å². The number of hydrogen-bond donors (Lipinski definition) is 2. The molecule has 112 valence electrons. The van der Waals surface area contributed by atoms with E-state index in [1.165, 1.54) is 24.3 Å². The molecular formula is C13H10BrClFNO3S. The van der Waals surface area contributed by atoms with Crippen LogP contribution in [0.2, 0.25) is 5.02 Å². The molecule has 0 saturated heterocycles. The van der Waals surface area contributed by atoms with Gasteiger partial charge < -0.3 is 5.11 Å². The molecule has 0 saturated carbocycles. The van der Waals surface area contributed by atoms with E-state index < -0.39 is 15.8 Å². The Labute approximate surface area is 134 Å². The topological polar surface area (TPSA) is 66.4 Å². The number of hydrogen-bond acceptors (Lipinski definition) is 3. The lowest BCUT2D eigenvalue weighted by molar-refractivity contribution is 0.282. The first-order valence-electron chi connectivity index (χ1n) is 5.70. The first kappa shape index (κ1) is 16.2. The number of aliphatic hydroxyl groups is 1. The molecule has 0 amide bonds. The third-order valence-electron chi connectivity index (χ3n) is 2.66. The minimum atomic E-state index is -3.86. The Hall–Kier alpha value is -1.15. The summed E-state index contributed by atoms with van der Waals surface area (Å²) in [6.45, 7) is -0.177. The van der Waals surface area contributed by atoms with Crippen LogP contribution in [-0.4, -0.2) is 13.5 Å². The molecule has 0 bridgehead atoms. The third-order valence-corrected chi connectivity index (χ3v) is 4.95. The Bertz CT molecular complexity index is 742. The van der Waals surface area contributed by atoms with Crippen LogP contribution >= 0.6 is 27.5 Å². The third kappa shape index (κ3) is 3.74. The molecule has 0 spiro atoms. The van der Waals surface area contributed by atoms with Gasteiger partial charge in [-0.3, -0.25) is 4.72 Å². The van der Waals surface area contributed by atoms with Crippen LogP contribution in [-0.2, 0) is 16.6 Å². The number of sulfonamides is 1. The van der Waals surface area contributed by atoms with E-state index in [-0.39, 0.29) is 26.7 Å². The van der Waals surface area contributed by atoms with Crippen LogP contribution in [0.3, 0.4) is 0 Å². The smallest absolute Gasteiger partial charge is 0.261 e. The summed E-state index contributed by atoms with van der Waals surface area (Å²) in [4.78, 5) is 0.00647. The lowest BCUT2D eigenvalue weighted by Crippen LogP contribution is -2.13. The maximum atomic E-state index is 13.1. The summed E-state index contributed by atoms with van der Waals surface area (Å²) < 4.78 is 40.1. The SMILES string of the molecule is O=S(=O)(Nc1c(Cl)cc(F)cc1Br)c1ccc(CO)cc1. The number of anilines is 1. The highest BCUT2D eigenvalue weighted by Crippen LogP contribution is 2.33. The lowest BCUT2D eigenvalue weighted by Gasteiger charge is -2.12. The van der Waals surface area contributed by atoms with Gasteiger partial charge in [-0.15, -0.1) is 0 Å². The molecule has 0 heterocycles. The molecule has 0 aliphatic carbocycles. The zero-order chi connectivity index (χ0) is 15.6. The maximum absolute atomic E-state index is 13.1. The van der Waals surface area contributed by atoms with E-state index in [1.807, 2.05) is 0 Å². The summed E-state index contributed by atoms with van der Waals surface area (Å²) in [6, 6.07) is 7.84. The van der Waals surface area contributed by atoms with Crippen LogP contribution in [0.5, 0.6) is 0 Å². The predicted octanol–water partition coefficient (Wildman–Crippen LogP) is 3.53. The molecule has 21 heavy (non-hydrogen) atoms. The molecule has 0 aliphatic rings. The Morgan fingerprint density at radius 2 is 1.86 bits per heavy atom. The van der Waals surface area contributed by atoms with Crippen LogP contribution in [0, 0.1) is 5.82 Å². The van der Waals surface area contributed by atoms with Crippen molar-refractivity contribution < 1.29 is 17.9 Å². The Kier molecular flexibility index (Phi) is 4.88. The molecule has 0 aromatic heterocycles. The quantitative estimate of drug-likeness (QED) is 0.833. The van der Waals surface area contributed by atoms with Crippen molar-refractivity contribution in [2.24, 2.45) is 0 Å². The number of aliphatic hydroxyl groups excluding tert-OH is 1. The van der Waals surface area contributed by atoms with Gasteiger partial charge in [0, 0.05) is 4.47 Å². The fraction of sp³-hybridized carbons (Fsp3) is 0.0769. The van der Waals surface area contributed by atoms with Crippen LogP contribution in [0.4, 0.5) is 10.1 Å².